The van der Waals surface area contributed by atoms with Gasteiger partial charge in [-0.15, -0.1) is 11.8 Å². The maximum atomic E-state index is 12.5. The SMILES string of the molecule is CCS(=O)(=O)c1ccc(NC(=O)CSC(c2ccccc2)c2ccccc2)cc1. The van der Waals surface area contributed by atoms with Crippen molar-refractivity contribution in [1.29, 1.82) is 0 Å². The van der Waals surface area contributed by atoms with E-state index in [0.29, 0.717) is 5.69 Å². The van der Waals surface area contributed by atoms with Crippen molar-refractivity contribution in [3.8, 4) is 0 Å². The van der Waals surface area contributed by atoms with Crippen LogP contribution >= 0.6 is 11.8 Å². The summed E-state index contributed by atoms with van der Waals surface area (Å²) in [5, 5.41) is 2.90. The van der Waals surface area contributed by atoms with E-state index in [1.54, 1.807) is 30.8 Å². The van der Waals surface area contributed by atoms with Crippen molar-refractivity contribution in [2.45, 2.75) is 17.1 Å². The number of sulfone groups is 1. The van der Waals surface area contributed by atoms with E-state index in [-0.39, 0.29) is 27.6 Å². The molecule has 1 amide bonds. The Bertz CT molecular complexity index is 995. The number of anilines is 1. The first kappa shape index (κ1) is 21.1. The fraction of sp³-hybridized carbons (Fsp3) is 0.174. The van der Waals surface area contributed by atoms with Gasteiger partial charge in [-0.05, 0) is 35.4 Å². The van der Waals surface area contributed by atoms with Gasteiger partial charge in [-0.3, -0.25) is 4.79 Å². The zero-order valence-corrected chi connectivity index (χ0v) is 17.7. The zero-order chi connectivity index (χ0) is 20.7. The van der Waals surface area contributed by atoms with E-state index < -0.39 is 9.84 Å². The Morgan fingerprint density at radius 2 is 1.38 bits per heavy atom. The Morgan fingerprint density at radius 1 is 0.862 bits per heavy atom. The predicted octanol–water partition coefficient (Wildman–Crippen LogP) is 4.94. The van der Waals surface area contributed by atoms with Crippen LogP contribution in [0.5, 0.6) is 0 Å². The molecule has 0 saturated heterocycles. The molecule has 0 aliphatic carbocycles. The average Bonchev–Trinajstić information content (AvgIpc) is 2.76. The van der Waals surface area contributed by atoms with Crippen molar-refractivity contribution in [1.82, 2.24) is 0 Å². The van der Waals surface area contributed by atoms with Crippen LogP contribution in [0.4, 0.5) is 5.69 Å². The summed E-state index contributed by atoms with van der Waals surface area (Å²) < 4.78 is 23.8. The lowest BCUT2D eigenvalue weighted by Crippen LogP contribution is -2.15. The van der Waals surface area contributed by atoms with Gasteiger partial charge in [0, 0.05) is 5.69 Å². The van der Waals surface area contributed by atoms with E-state index in [2.05, 4.69) is 29.6 Å². The lowest BCUT2D eigenvalue weighted by atomic mass is 10.0. The zero-order valence-electron chi connectivity index (χ0n) is 16.1. The molecule has 4 nitrogen and oxygen atoms in total. The van der Waals surface area contributed by atoms with Gasteiger partial charge in [0.2, 0.25) is 5.91 Å². The number of thioether (sulfide) groups is 1. The van der Waals surface area contributed by atoms with E-state index in [1.165, 1.54) is 12.1 Å². The van der Waals surface area contributed by atoms with Gasteiger partial charge in [0.15, 0.2) is 9.84 Å². The molecule has 0 fully saturated rings. The number of carbonyl (C=O) groups is 1. The monoisotopic (exact) mass is 425 g/mol. The van der Waals surface area contributed by atoms with Crippen molar-refractivity contribution in [2.24, 2.45) is 0 Å². The number of benzene rings is 3. The van der Waals surface area contributed by atoms with Gasteiger partial charge in [0.05, 0.1) is 21.7 Å². The van der Waals surface area contributed by atoms with Crippen molar-refractivity contribution in [3.63, 3.8) is 0 Å². The van der Waals surface area contributed by atoms with Crippen LogP contribution in [0.2, 0.25) is 0 Å². The Hall–Kier alpha value is -2.57. The highest BCUT2D eigenvalue weighted by molar-refractivity contribution is 8.00. The summed E-state index contributed by atoms with van der Waals surface area (Å²) in [6.07, 6.45) is 0. The summed E-state index contributed by atoms with van der Waals surface area (Å²) in [6, 6.07) is 26.5. The molecule has 1 N–H and O–H groups in total. The quantitative estimate of drug-likeness (QED) is 0.555. The minimum absolute atomic E-state index is 0.0513. The fourth-order valence-corrected chi connectivity index (χ4v) is 4.88. The molecule has 0 aliphatic rings. The van der Waals surface area contributed by atoms with Crippen molar-refractivity contribution in [3.05, 3.63) is 96.1 Å². The molecule has 0 unspecified atom stereocenters. The first-order chi connectivity index (χ1) is 14.0. The average molecular weight is 426 g/mol. The number of nitrogens with one attached hydrogen (secondary N) is 1. The fourth-order valence-electron chi connectivity index (χ4n) is 2.91. The Labute approximate surface area is 176 Å². The molecule has 0 atom stereocenters. The van der Waals surface area contributed by atoms with E-state index in [0.717, 1.165) is 11.1 Å². The topological polar surface area (TPSA) is 63.2 Å². The van der Waals surface area contributed by atoms with E-state index in [4.69, 9.17) is 0 Å². The molecule has 29 heavy (non-hydrogen) atoms. The summed E-state index contributed by atoms with van der Waals surface area (Å²) in [4.78, 5) is 12.7. The maximum Gasteiger partial charge on any atom is 0.234 e. The number of hydrogen-bond donors (Lipinski definition) is 1. The summed E-state index contributed by atoms with van der Waals surface area (Å²) >= 11 is 1.56. The van der Waals surface area contributed by atoms with Gasteiger partial charge in [0.25, 0.3) is 0 Å². The molecule has 0 bridgehead atoms. The molecular formula is C23H23NO3S2. The Balaban J connectivity index is 1.66. The molecular weight excluding hydrogens is 402 g/mol. The molecule has 3 aromatic carbocycles. The third-order valence-electron chi connectivity index (χ3n) is 4.46. The van der Waals surface area contributed by atoms with Crippen LogP contribution in [0.1, 0.15) is 23.3 Å². The highest BCUT2D eigenvalue weighted by Gasteiger charge is 2.17. The van der Waals surface area contributed by atoms with Gasteiger partial charge < -0.3 is 5.32 Å². The molecule has 0 heterocycles. The molecule has 6 heteroatoms. The molecule has 0 spiro atoms. The third kappa shape index (κ3) is 5.71. The highest BCUT2D eigenvalue weighted by atomic mass is 32.2. The normalized spacial score (nSPS) is 11.4. The number of amides is 1. The van der Waals surface area contributed by atoms with Crippen LogP contribution in [0.3, 0.4) is 0 Å². The van der Waals surface area contributed by atoms with Crippen LogP contribution in [0.15, 0.2) is 89.8 Å². The van der Waals surface area contributed by atoms with E-state index in [9.17, 15) is 13.2 Å². The van der Waals surface area contributed by atoms with Crippen molar-refractivity contribution < 1.29 is 13.2 Å². The lowest BCUT2D eigenvalue weighted by molar-refractivity contribution is -0.113. The van der Waals surface area contributed by atoms with E-state index in [1.807, 2.05) is 36.4 Å². The Morgan fingerprint density at radius 3 is 1.86 bits per heavy atom. The summed E-state index contributed by atoms with van der Waals surface area (Å²) in [6.45, 7) is 1.61. The second-order valence-electron chi connectivity index (χ2n) is 6.49. The highest BCUT2D eigenvalue weighted by Crippen LogP contribution is 2.35. The molecule has 0 saturated carbocycles. The minimum Gasteiger partial charge on any atom is -0.325 e. The summed E-state index contributed by atoms with van der Waals surface area (Å²) in [5.74, 6) is 0.206. The first-order valence-corrected chi connectivity index (χ1v) is 12.0. The van der Waals surface area contributed by atoms with Gasteiger partial charge in [0.1, 0.15) is 0 Å². The second kappa shape index (κ2) is 9.76. The van der Waals surface area contributed by atoms with Crippen LogP contribution in [0.25, 0.3) is 0 Å². The van der Waals surface area contributed by atoms with Crippen molar-refractivity contribution >= 4 is 33.2 Å². The summed E-state index contributed by atoms with van der Waals surface area (Å²) in [5.41, 5.74) is 2.87. The number of hydrogen-bond acceptors (Lipinski definition) is 4. The Kier molecular flexibility index (Phi) is 7.12. The van der Waals surface area contributed by atoms with E-state index >= 15 is 0 Å². The first-order valence-electron chi connectivity index (χ1n) is 9.34. The number of carbonyl (C=O) groups excluding carboxylic acids is 1. The van der Waals surface area contributed by atoms with Gasteiger partial charge in [-0.25, -0.2) is 8.42 Å². The second-order valence-corrected chi connectivity index (χ2v) is 9.86. The van der Waals surface area contributed by atoms with Crippen LogP contribution < -0.4 is 5.32 Å². The molecule has 0 aromatic heterocycles. The largest absolute Gasteiger partial charge is 0.325 e. The van der Waals surface area contributed by atoms with Crippen LogP contribution in [-0.2, 0) is 14.6 Å². The summed E-state index contributed by atoms with van der Waals surface area (Å²) in [7, 11) is -3.24. The van der Waals surface area contributed by atoms with Crippen LogP contribution in [-0.4, -0.2) is 25.8 Å². The minimum atomic E-state index is -3.24. The molecule has 3 rings (SSSR count). The molecule has 0 aliphatic heterocycles. The predicted molar refractivity (Wildman–Crippen MR) is 120 cm³/mol. The van der Waals surface area contributed by atoms with Crippen LogP contribution in [0, 0.1) is 0 Å². The molecule has 150 valence electrons. The smallest absolute Gasteiger partial charge is 0.234 e. The van der Waals surface area contributed by atoms with Gasteiger partial charge in [-0.2, -0.15) is 0 Å². The molecule has 0 radical (unpaired) electrons. The standard InChI is InChI=1S/C23H23NO3S2/c1-2-29(26,27)21-15-13-20(14-16-21)24-22(25)17-28-23(18-9-5-3-6-10-18)19-11-7-4-8-12-19/h3-16,23H,2,17H2,1H3,(H,24,25). The maximum absolute atomic E-state index is 12.5. The number of rotatable bonds is 8. The molecule has 3 aromatic rings. The van der Waals surface area contributed by atoms with Gasteiger partial charge in [-0.1, -0.05) is 67.6 Å². The van der Waals surface area contributed by atoms with Gasteiger partial charge >= 0.3 is 0 Å². The third-order valence-corrected chi connectivity index (χ3v) is 7.52. The lowest BCUT2D eigenvalue weighted by Gasteiger charge is -2.17. The van der Waals surface area contributed by atoms with Crippen molar-refractivity contribution in [2.75, 3.05) is 16.8 Å².